The van der Waals surface area contributed by atoms with E-state index >= 15 is 0 Å². The molecule has 1 unspecified atom stereocenters. The Morgan fingerprint density at radius 1 is 1.32 bits per heavy atom. The van der Waals surface area contributed by atoms with Gasteiger partial charge in [-0.05, 0) is 56.8 Å². The largest absolute Gasteiger partial charge is 0.494 e. The summed E-state index contributed by atoms with van der Waals surface area (Å²) in [6.07, 6.45) is 4.60. The lowest BCUT2D eigenvalue weighted by atomic mass is 10.1. The maximum Gasteiger partial charge on any atom is 0.119 e. The number of aliphatic hydroxyl groups is 1. The van der Waals surface area contributed by atoms with Crippen LogP contribution in [-0.4, -0.2) is 35.8 Å². The van der Waals surface area contributed by atoms with Crippen LogP contribution in [0.4, 0.5) is 0 Å². The first kappa shape index (κ1) is 14.4. The molecule has 1 N–H and O–H groups in total. The third-order valence-electron chi connectivity index (χ3n) is 3.81. The fourth-order valence-electron chi connectivity index (χ4n) is 2.85. The van der Waals surface area contributed by atoms with Gasteiger partial charge in [-0.1, -0.05) is 12.1 Å². The third-order valence-corrected chi connectivity index (χ3v) is 3.81. The number of aliphatic hydroxyl groups excluding tert-OH is 1. The molecule has 0 saturated carbocycles. The molecule has 1 fully saturated rings. The smallest absolute Gasteiger partial charge is 0.119 e. The summed E-state index contributed by atoms with van der Waals surface area (Å²) in [4.78, 5) is 2.55. The molecule has 1 aromatic carbocycles. The lowest BCUT2D eigenvalue weighted by molar-refractivity contribution is 0.210. The molecule has 19 heavy (non-hydrogen) atoms. The predicted molar refractivity (Wildman–Crippen MR) is 77.4 cm³/mol. The molecule has 1 aliphatic heterocycles. The van der Waals surface area contributed by atoms with Gasteiger partial charge in [-0.2, -0.15) is 0 Å². The van der Waals surface area contributed by atoms with Crippen LogP contribution in [0, 0.1) is 0 Å². The number of benzene rings is 1. The van der Waals surface area contributed by atoms with Gasteiger partial charge in [0.15, 0.2) is 0 Å². The summed E-state index contributed by atoms with van der Waals surface area (Å²) in [5.41, 5.74) is 1.35. The van der Waals surface area contributed by atoms with E-state index in [0.29, 0.717) is 19.3 Å². The Hall–Kier alpha value is -1.06. The number of ether oxygens (including phenoxy) is 1. The molecule has 0 aromatic heterocycles. The van der Waals surface area contributed by atoms with E-state index in [-0.39, 0.29) is 0 Å². The molecule has 1 saturated heterocycles. The SMILES string of the molecule is CCOc1ccc(CN2CCCC2CCCO)cc1. The van der Waals surface area contributed by atoms with Crippen LogP contribution >= 0.6 is 0 Å². The summed E-state index contributed by atoms with van der Waals surface area (Å²) in [5.74, 6) is 0.949. The molecule has 1 aromatic rings. The number of hydrogen-bond donors (Lipinski definition) is 1. The summed E-state index contributed by atoms with van der Waals surface area (Å²) in [6, 6.07) is 9.08. The molecular weight excluding hydrogens is 238 g/mol. The average Bonchev–Trinajstić information content (AvgIpc) is 2.86. The van der Waals surface area contributed by atoms with E-state index in [4.69, 9.17) is 9.84 Å². The maximum atomic E-state index is 8.95. The van der Waals surface area contributed by atoms with Crippen LogP contribution in [0.3, 0.4) is 0 Å². The normalized spacial score (nSPS) is 19.8. The van der Waals surface area contributed by atoms with Crippen molar-refractivity contribution in [3.63, 3.8) is 0 Å². The van der Waals surface area contributed by atoms with Crippen molar-refractivity contribution < 1.29 is 9.84 Å². The van der Waals surface area contributed by atoms with Gasteiger partial charge >= 0.3 is 0 Å². The van der Waals surface area contributed by atoms with Crippen molar-refractivity contribution in [1.82, 2.24) is 4.90 Å². The van der Waals surface area contributed by atoms with Gasteiger partial charge in [0.05, 0.1) is 6.61 Å². The van der Waals surface area contributed by atoms with Crippen molar-refractivity contribution in [2.45, 2.75) is 45.2 Å². The molecular formula is C16H25NO2. The van der Waals surface area contributed by atoms with E-state index in [1.807, 2.05) is 6.92 Å². The zero-order valence-corrected chi connectivity index (χ0v) is 11.8. The first-order valence-electron chi connectivity index (χ1n) is 7.40. The van der Waals surface area contributed by atoms with Gasteiger partial charge in [-0.15, -0.1) is 0 Å². The Balaban J connectivity index is 1.88. The van der Waals surface area contributed by atoms with Crippen LogP contribution in [0.25, 0.3) is 0 Å². The van der Waals surface area contributed by atoms with E-state index in [1.54, 1.807) is 0 Å². The van der Waals surface area contributed by atoms with Crippen LogP contribution in [-0.2, 0) is 6.54 Å². The highest BCUT2D eigenvalue weighted by atomic mass is 16.5. The van der Waals surface area contributed by atoms with Gasteiger partial charge in [-0.25, -0.2) is 0 Å². The molecule has 106 valence electrons. The Kier molecular flexibility index (Phi) is 5.67. The topological polar surface area (TPSA) is 32.7 Å². The molecule has 0 spiro atoms. The average molecular weight is 263 g/mol. The third kappa shape index (κ3) is 4.22. The molecule has 0 aliphatic carbocycles. The summed E-state index contributed by atoms with van der Waals surface area (Å²) < 4.78 is 5.46. The van der Waals surface area contributed by atoms with Crippen LogP contribution in [0.1, 0.15) is 38.2 Å². The van der Waals surface area contributed by atoms with E-state index in [9.17, 15) is 0 Å². The highest BCUT2D eigenvalue weighted by Crippen LogP contribution is 2.24. The van der Waals surface area contributed by atoms with Crippen LogP contribution in [0.5, 0.6) is 5.75 Å². The Bertz CT molecular complexity index is 364. The second kappa shape index (κ2) is 7.51. The van der Waals surface area contributed by atoms with Gasteiger partial charge in [0, 0.05) is 19.2 Å². The Labute approximate surface area is 116 Å². The second-order valence-electron chi connectivity index (χ2n) is 5.21. The quantitative estimate of drug-likeness (QED) is 0.821. The monoisotopic (exact) mass is 263 g/mol. The van der Waals surface area contributed by atoms with Crippen molar-refractivity contribution in [3.8, 4) is 5.75 Å². The molecule has 3 heteroatoms. The number of hydrogen-bond acceptors (Lipinski definition) is 3. The lowest BCUT2D eigenvalue weighted by Gasteiger charge is -2.24. The highest BCUT2D eigenvalue weighted by Gasteiger charge is 2.23. The molecule has 2 rings (SSSR count). The van der Waals surface area contributed by atoms with Crippen LogP contribution < -0.4 is 4.74 Å². The molecule has 0 amide bonds. The number of rotatable bonds is 7. The Morgan fingerprint density at radius 3 is 2.79 bits per heavy atom. The summed E-state index contributed by atoms with van der Waals surface area (Å²) in [5, 5.41) is 8.95. The minimum absolute atomic E-state index is 0.313. The molecule has 0 radical (unpaired) electrons. The van der Waals surface area contributed by atoms with Gasteiger partial charge in [-0.3, -0.25) is 4.90 Å². The van der Waals surface area contributed by atoms with Crippen molar-refractivity contribution in [2.24, 2.45) is 0 Å². The molecule has 3 nitrogen and oxygen atoms in total. The zero-order valence-electron chi connectivity index (χ0n) is 11.8. The van der Waals surface area contributed by atoms with E-state index < -0.39 is 0 Å². The minimum Gasteiger partial charge on any atom is -0.494 e. The van der Waals surface area contributed by atoms with Crippen molar-refractivity contribution >= 4 is 0 Å². The van der Waals surface area contributed by atoms with Gasteiger partial charge < -0.3 is 9.84 Å². The first-order chi connectivity index (χ1) is 9.33. The highest BCUT2D eigenvalue weighted by molar-refractivity contribution is 5.27. The maximum absolute atomic E-state index is 8.95. The van der Waals surface area contributed by atoms with Crippen LogP contribution in [0.2, 0.25) is 0 Å². The predicted octanol–water partition coefficient (Wildman–Crippen LogP) is 2.82. The fraction of sp³-hybridized carbons (Fsp3) is 0.625. The minimum atomic E-state index is 0.313. The number of nitrogens with zero attached hydrogens (tertiary/aromatic N) is 1. The van der Waals surface area contributed by atoms with Crippen molar-refractivity contribution in [1.29, 1.82) is 0 Å². The van der Waals surface area contributed by atoms with E-state index in [2.05, 4.69) is 29.2 Å². The van der Waals surface area contributed by atoms with E-state index in [0.717, 1.165) is 25.1 Å². The number of likely N-dealkylation sites (tertiary alicyclic amines) is 1. The van der Waals surface area contributed by atoms with Crippen LogP contribution in [0.15, 0.2) is 24.3 Å². The standard InChI is InChI=1S/C16H25NO2/c1-2-19-16-9-7-14(8-10-16)13-17-11-3-5-15(17)6-4-12-18/h7-10,15,18H,2-6,11-13H2,1H3. The van der Waals surface area contributed by atoms with Crippen molar-refractivity contribution in [3.05, 3.63) is 29.8 Å². The van der Waals surface area contributed by atoms with Crippen molar-refractivity contribution in [2.75, 3.05) is 19.8 Å². The summed E-state index contributed by atoms with van der Waals surface area (Å²) in [6.45, 7) is 5.23. The molecule has 0 bridgehead atoms. The zero-order chi connectivity index (χ0) is 13.5. The Morgan fingerprint density at radius 2 is 2.11 bits per heavy atom. The lowest BCUT2D eigenvalue weighted by Crippen LogP contribution is -2.29. The van der Waals surface area contributed by atoms with Gasteiger partial charge in [0.1, 0.15) is 5.75 Å². The first-order valence-corrected chi connectivity index (χ1v) is 7.40. The molecule has 1 heterocycles. The fourth-order valence-corrected chi connectivity index (χ4v) is 2.85. The van der Waals surface area contributed by atoms with E-state index in [1.165, 1.54) is 24.9 Å². The molecule has 1 aliphatic rings. The summed E-state index contributed by atoms with van der Waals surface area (Å²) in [7, 11) is 0. The van der Waals surface area contributed by atoms with Gasteiger partial charge in [0.25, 0.3) is 0 Å². The summed E-state index contributed by atoms with van der Waals surface area (Å²) >= 11 is 0. The van der Waals surface area contributed by atoms with Gasteiger partial charge in [0.2, 0.25) is 0 Å². The second-order valence-corrected chi connectivity index (χ2v) is 5.21. The molecule has 1 atom stereocenters.